The Kier molecular flexibility index (Phi) is 29.8. The maximum Gasteiger partial charge on any atom is 0.141 e. The summed E-state index contributed by atoms with van der Waals surface area (Å²) in [5.41, 5.74) is 5.36. The van der Waals surface area contributed by atoms with E-state index in [1.165, 1.54) is 27.7 Å². The minimum atomic E-state index is -0.440. The van der Waals surface area contributed by atoms with Crippen LogP contribution in [-0.2, 0) is 36.0 Å². The van der Waals surface area contributed by atoms with Crippen molar-refractivity contribution in [1.82, 2.24) is 14.7 Å². The first-order valence-electron chi connectivity index (χ1n) is 10.6. The molecule has 0 fully saturated rings. The molecule has 0 atom stereocenters. The van der Waals surface area contributed by atoms with E-state index >= 15 is 0 Å². The maximum absolute atomic E-state index is 10.9. The number of carbonyl (C=O) groups excluding carboxylic acids is 4. The number of carbonyl (C=O) groups is 4. The molecule has 0 heterocycles. The Morgan fingerprint density at radius 2 is 0.939 bits per heavy atom. The third-order valence-electron chi connectivity index (χ3n) is 4.31. The standard InChI is InChI=1S/2C8H15NO2.C6H14Cl2N2.Co/c2*1-6(10)8(7(2)11)5-9(3)4;7-1-4-10(5-2-8)6-3-9;/h2*8H,5H2,1-4H3;1-6,9H2;. The van der Waals surface area contributed by atoms with Gasteiger partial charge in [0.2, 0.25) is 0 Å². The fourth-order valence-corrected chi connectivity index (χ4v) is 3.05. The van der Waals surface area contributed by atoms with Crippen molar-refractivity contribution in [2.24, 2.45) is 17.6 Å². The SMILES string of the molecule is CC(=O)C(CN(C)C)C(C)=O.CC(=O)C(CN(C)C)C(C)=O.NCCN(CCCl)CCCl.[Co]. The van der Waals surface area contributed by atoms with Gasteiger partial charge in [-0.25, -0.2) is 0 Å². The minimum Gasteiger partial charge on any atom is -0.329 e. The van der Waals surface area contributed by atoms with Crippen LogP contribution in [0.1, 0.15) is 27.7 Å². The van der Waals surface area contributed by atoms with Gasteiger partial charge in [0.1, 0.15) is 23.1 Å². The van der Waals surface area contributed by atoms with Gasteiger partial charge < -0.3 is 15.5 Å². The van der Waals surface area contributed by atoms with E-state index in [2.05, 4.69) is 4.90 Å². The van der Waals surface area contributed by atoms with Crippen LogP contribution in [0.25, 0.3) is 0 Å². The summed E-state index contributed by atoms with van der Waals surface area (Å²) < 4.78 is 0. The zero-order chi connectivity index (χ0) is 25.9. The summed E-state index contributed by atoms with van der Waals surface area (Å²) in [5.74, 6) is 0.220. The average Bonchev–Trinajstić information content (AvgIpc) is 2.64. The molecule has 8 nitrogen and oxygen atoms in total. The fraction of sp³-hybridized carbons (Fsp3) is 0.818. The van der Waals surface area contributed by atoms with E-state index in [1.807, 2.05) is 38.0 Å². The van der Waals surface area contributed by atoms with E-state index in [1.54, 1.807) is 0 Å². The monoisotopic (exact) mass is 557 g/mol. The van der Waals surface area contributed by atoms with Crippen LogP contribution < -0.4 is 5.73 Å². The van der Waals surface area contributed by atoms with Gasteiger partial charge in [-0.1, -0.05) is 0 Å². The van der Waals surface area contributed by atoms with E-state index in [0.717, 1.165) is 19.6 Å². The predicted octanol–water partition coefficient (Wildman–Crippen LogP) is 1.41. The first-order chi connectivity index (χ1) is 14.7. The molecule has 11 heteroatoms. The number of rotatable bonds is 14. The number of ketones is 4. The van der Waals surface area contributed by atoms with Crippen LogP contribution in [0, 0.1) is 11.8 Å². The van der Waals surface area contributed by atoms with Crippen LogP contribution in [0.5, 0.6) is 0 Å². The predicted molar refractivity (Wildman–Crippen MR) is 134 cm³/mol. The van der Waals surface area contributed by atoms with Crippen molar-refractivity contribution in [2.45, 2.75) is 27.7 Å². The van der Waals surface area contributed by atoms with Crippen molar-refractivity contribution >= 4 is 46.3 Å². The average molecular weight is 558 g/mol. The van der Waals surface area contributed by atoms with E-state index in [0.29, 0.717) is 31.4 Å². The number of nitrogens with zero attached hydrogens (tertiary/aromatic N) is 3. The summed E-state index contributed by atoms with van der Waals surface area (Å²) in [7, 11) is 7.38. The Hall–Kier alpha value is -0.394. The fourth-order valence-electron chi connectivity index (χ4n) is 2.57. The molecule has 0 aliphatic rings. The summed E-state index contributed by atoms with van der Waals surface area (Å²) in [5, 5.41) is 0. The molecule has 33 heavy (non-hydrogen) atoms. The molecule has 0 rings (SSSR count). The Morgan fingerprint density at radius 3 is 1.06 bits per heavy atom. The Balaban J connectivity index is -0.000000189. The second-order valence-corrected chi connectivity index (χ2v) is 8.84. The van der Waals surface area contributed by atoms with Gasteiger partial charge in [-0.05, 0) is 55.9 Å². The first kappa shape index (κ1) is 39.8. The topological polar surface area (TPSA) is 104 Å². The molecular weight excluding hydrogens is 514 g/mol. The number of hydrogen-bond acceptors (Lipinski definition) is 8. The Morgan fingerprint density at radius 1 is 0.667 bits per heavy atom. The van der Waals surface area contributed by atoms with Crippen LogP contribution in [0.15, 0.2) is 0 Å². The normalized spacial score (nSPS) is 10.4. The van der Waals surface area contributed by atoms with Crippen molar-refractivity contribution < 1.29 is 36.0 Å². The summed E-state index contributed by atoms with van der Waals surface area (Å²) in [6.07, 6.45) is 0. The Bertz CT molecular complexity index is 472. The van der Waals surface area contributed by atoms with Gasteiger partial charge in [0.15, 0.2) is 0 Å². The van der Waals surface area contributed by atoms with Gasteiger partial charge in [-0.2, -0.15) is 0 Å². The number of hydrogen-bond donors (Lipinski definition) is 1. The molecule has 0 amide bonds. The van der Waals surface area contributed by atoms with Crippen LogP contribution >= 0.6 is 23.2 Å². The second kappa shape index (κ2) is 24.7. The smallest absolute Gasteiger partial charge is 0.141 e. The molecule has 0 aliphatic heterocycles. The minimum absolute atomic E-state index is 0. The number of alkyl halides is 2. The van der Waals surface area contributed by atoms with Crippen molar-refractivity contribution in [2.75, 3.05) is 79.2 Å². The van der Waals surface area contributed by atoms with E-state index < -0.39 is 11.8 Å². The van der Waals surface area contributed by atoms with E-state index in [9.17, 15) is 19.2 Å². The molecule has 0 aromatic rings. The van der Waals surface area contributed by atoms with Gasteiger partial charge >= 0.3 is 0 Å². The quantitative estimate of drug-likeness (QED) is 0.252. The largest absolute Gasteiger partial charge is 0.329 e. The molecular formula is C22H44Cl2CoN4O4. The Labute approximate surface area is 221 Å². The maximum atomic E-state index is 10.9. The van der Waals surface area contributed by atoms with Gasteiger partial charge in [0, 0.05) is 67.8 Å². The first-order valence-corrected chi connectivity index (χ1v) is 11.7. The third kappa shape index (κ3) is 26.1. The van der Waals surface area contributed by atoms with Crippen molar-refractivity contribution in [3.05, 3.63) is 0 Å². The van der Waals surface area contributed by atoms with Crippen molar-refractivity contribution in [3.8, 4) is 0 Å². The molecule has 0 saturated heterocycles. The number of Topliss-reactive ketones (excluding diaryl/α,β-unsaturated/α-hetero) is 4. The zero-order valence-corrected chi connectivity index (χ0v) is 24.0. The van der Waals surface area contributed by atoms with E-state index in [-0.39, 0.29) is 39.9 Å². The summed E-state index contributed by atoms with van der Waals surface area (Å²) in [6.45, 7) is 10.2. The number of halogens is 2. The van der Waals surface area contributed by atoms with Crippen LogP contribution in [0.2, 0.25) is 0 Å². The summed E-state index contributed by atoms with van der Waals surface area (Å²) in [4.78, 5) is 49.3. The third-order valence-corrected chi connectivity index (χ3v) is 4.64. The molecule has 2 N–H and O–H groups in total. The van der Waals surface area contributed by atoms with Crippen molar-refractivity contribution in [1.29, 1.82) is 0 Å². The molecule has 0 saturated carbocycles. The molecule has 1 radical (unpaired) electrons. The molecule has 199 valence electrons. The molecule has 0 aromatic heterocycles. The summed E-state index contributed by atoms with van der Waals surface area (Å²) >= 11 is 11.1. The van der Waals surface area contributed by atoms with E-state index in [4.69, 9.17) is 28.9 Å². The summed E-state index contributed by atoms with van der Waals surface area (Å²) in [6, 6.07) is 0. The van der Waals surface area contributed by atoms with Crippen molar-refractivity contribution in [3.63, 3.8) is 0 Å². The molecule has 0 unspecified atom stereocenters. The molecule has 0 bridgehead atoms. The molecule has 0 aromatic carbocycles. The van der Waals surface area contributed by atoms with Gasteiger partial charge in [-0.15, -0.1) is 23.2 Å². The zero-order valence-electron chi connectivity index (χ0n) is 21.5. The number of nitrogens with two attached hydrogens (primary N) is 1. The second-order valence-electron chi connectivity index (χ2n) is 8.08. The molecule has 0 spiro atoms. The van der Waals surface area contributed by atoms with Gasteiger partial charge in [0.05, 0.1) is 11.8 Å². The van der Waals surface area contributed by atoms with Crippen LogP contribution in [0.3, 0.4) is 0 Å². The van der Waals surface area contributed by atoms with Gasteiger partial charge in [0.25, 0.3) is 0 Å². The molecule has 0 aliphatic carbocycles. The van der Waals surface area contributed by atoms with Crippen LogP contribution in [0.4, 0.5) is 0 Å². The van der Waals surface area contributed by atoms with Gasteiger partial charge in [-0.3, -0.25) is 24.1 Å². The van der Waals surface area contributed by atoms with Crippen LogP contribution in [-0.4, -0.2) is 117 Å².